The van der Waals surface area contributed by atoms with E-state index in [1.54, 1.807) is 18.2 Å². The number of nitrogens with one attached hydrogen (secondary N) is 1. The van der Waals surface area contributed by atoms with Gasteiger partial charge >= 0.3 is 0 Å². The number of hydrogen-bond acceptors (Lipinski definition) is 2. The SMILES string of the molecule is C=CCNC(=O)c1ccc2c(c1)C(=O)c1ccccc1-2. The first kappa shape index (κ1) is 12.4. The fourth-order valence-electron chi connectivity index (χ4n) is 2.44. The number of ketones is 1. The van der Waals surface area contributed by atoms with Crippen LogP contribution in [0.3, 0.4) is 0 Å². The maximum atomic E-state index is 12.3. The van der Waals surface area contributed by atoms with Crippen LogP contribution in [-0.4, -0.2) is 18.2 Å². The second kappa shape index (κ2) is 4.78. The fourth-order valence-corrected chi connectivity index (χ4v) is 2.44. The Kier molecular flexibility index (Phi) is 2.95. The lowest BCUT2D eigenvalue weighted by Gasteiger charge is -2.05. The predicted molar refractivity (Wildman–Crippen MR) is 77.8 cm³/mol. The van der Waals surface area contributed by atoms with E-state index < -0.39 is 0 Å². The molecule has 3 rings (SSSR count). The van der Waals surface area contributed by atoms with Crippen LogP contribution in [0, 0.1) is 0 Å². The molecule has 2 aromatic rings. The highest BCUT2D eigenvalue weighted by atomic mass is 16.1. The minimum atomic E-state index is -0.198. The third-order valence-corrected chi connectivity index (χ3v) is 3.40. The number of carbonyl (C=O) groups is 2. The standard InChI is InChI=1S/C17H13NO2/c1-2-9-18-17(20)11-7-8-13-12-5-3-4-6-14(12)16(19)15(13)10-11/h2-8,10H,1,9H2,(H,18,20). The minimum absolute atomic E-state index is 0.0195. The van der Waals surface area contributed by atoms with Crippen LogP contribution in [0.15, 0.2) is 55.1 Å². The highest BCUT2D eigenvalue weighted by molar-refractivity contribution is 6.22. The van der Waals surface area contributed by atoms with Crippen molar-refractivity contribution in [3.8, 4) is 11.1 Å². The summed E-state index contributed by atoms with van der Waals surface area (Å²) in [7, 11) is 0. The number of carbonyl (C=O) groups excluding carboxylic acids is 2. The van der Waals surface area contributed by atoms with Gasteiger partial charge in [-0.25, -0.2) is 0 Å². The second-order valence-electron chi connectivity index (χ2n) is 4.63. The van der Waals surface area contributed by atoms with Crippen molar-refractivity contribution < 1.29 is 9.59 Å². The van der Waals surface area contributed by atoms with Crippen LogP contribution in [0.1, 0.15) is 26.3 Å². The molecule has 0 bridgehead atoms. The summed E-state index contributed by atoms with van der Waals surface area (Å²) in [6.45, 7) is 3.96. The third kappa shape index (κ3) is 1.84. The van der Waals surface area contributed by atoms with E-state index in [2.05, 4.69) is 11.9 Å². The van der Waals surface area contributed by atoms with Crippen LogP contribution < -0.4 is 5.32 Å². The largest absolute Gasteiger partial charge is 0.349 e. The number of rotatable bonds is 3. The van der Waals surface area contributed by atoms with Gasteiger partial charge in [0.2, 0.25) is 0 Å². The molecular weight excluding hydrogens is 250 g/mol. The lowest BCUT2D eigenvalue weighted by atomic mass is 10.0. The van der Waals surface area contributed by atoms with Crippen molar-refractivity contribution in [1.82, 2.24) is 5.32 Å². The van der Waals surface area contributed by atoms with Crippen LogP contribution in [0.25, 0.3) is 11.1 Å². The Morgan fingerprint density at radius 3 is 2.50 bits per heavy atom. The zero-order chi connectivity index (χ0) is 14.1. The van der Waals surface area contributed by atoms with Crippen molar-refractivity contribution in [2.45, 2.75) is 0 Å². The first-order valence-electron chi connectivity index (χ1n) is 6.39. The summed E-state index contributed by atoms with van der Waals surface area (Å²) in [4.78, 5) is 24.2. The average molecular weight is 263 g/mol. The predicted octanol–water partition coefficient (Wildman–Crippen LogP) is 2.81. The monoisotopic (exact) mass is 263 g/mol. The Labute approximate surface area is 116 Å². The average Bonchev–Trinajstić information content (AvgIpc) is 2.78. The smallest absolute Gasteiger partial charge is 0.251 e. The van der Waals surface area contributed by atoms with Gasteiger partial charge in [-0.05, 0) is 23.3 Å². The van der Waals surface area contributed by atoms with Crippen molar-refractivity contribution in [3.63, 3.8) is 0 Å². The zero-order valence-corrected chi connectivity index (χ0v) is 10.8. The molecule has 3 heteroatoms. The fraction of sp³-hybridized carbons (Fsp3) is 0.0588. The van der Waals surface area contributed by atoms with E-state index in [1.807, 2.05) is 30.3 Å². The number of benzene rings is 2. The van der Waals surface area contributed by atoms with Crippen molar-refractivity contribution in [2.75, 3.05) is 6.54 Å². The summed E-state index contributed by atoms with van der Waals surface area (Å²) in [6, 6.07) is 12.7. The molecule has 0 spiro atoms. The van der Waals surface area contributed by atoms with Crippen molar-refractivity contribution >= 4 is 11.7 Å². The highest BCUT2D eigenvalue weighted by Gasteiger charge is 2.26. The molecule has 1 N–H and O–H groups in total. The number of amides is 1. The summed E-state index contributed by atoms with van der Waals surface area (Å²) in [5.41, 5.74) is 3.62. The first-order chi connectivity index (χ1) is 9.72. The van der Waals surface area contributed by atoms with E-state index in [9.17, 15) is 9.59 Å². The van der Waals surface area contributed by atoms with E-state index >= 15 is 0 Å². The Balaban J connectivity index is 2.02. The summed E-state index contributed by atoms with van der Waals surface area (Å²) >= 11 is 0. The van der Waals surface area contributed by atoms with E-state index in [-0.39, 0.29) is 11.7 Å². The lowest BCUT2D eigenvalue weighted by molar-refractivity contribution is 0.0958. The Hall–Kier alpha value is -2.68. The number of fused-ring (bicyclic) bond motifs is 3. The molecule has 0 fully saturated rings. The van der Waals surface area contributed by atoms with E-state index in [1.165, 1.54) is 0 Å². The molecule has 0 heterocycles. The van der Waals surface area contributed by atoms with E-state index in [4.69, 9.17) is 0 Å². The summed E-state index contributed by atoms with van der Waals surface area (Å²) < 4.78 is 0. The summed E-state index contributed by atoms with van der Waals surface area (Å²) in [5, 5.41) is 2.71. The van der Waals surface area contributed by atoms with Crippen molar-refractivity contribution in [3.05, 3.63) is 71.8 Å². The second-order valence-corrected chi connectivity index (χ2v) is 4.63. The number of hydrogen-bond donors (Lipinski definition) is 1. The van der Waals surface area contributed by atoms with Gasteiger partial charge in [0.1, 0.15) is 0 Å². The van der Waals surface area contributed by atoms with Crippen molar-refractivity contribution in [2.24, 2.45) is 0 Å². The highest BCUT2D eigenvalue weighted by Crippen LogP contribution is 2.36. The molecule has 20 heavy (non-hydrogen) atoms. The summed E-state index contributed by atoms with van der Waals surface area (Å²) in [6.07, 6.45) is 1.62. The van der Waals surface area contributed by atoms with Gasteiger partial charge in [0.25, 0.3) is 5.91 Å². The zero-order valence-electron chi connectivity index (χ0n) is 10.8. The molecule has 0 saturated carbocycles. The molecule has 0 saturated heterocycles. The molecule has 0 aromatic heterocycles. The van der Waals surface area contributed by atoms with Gasteiger partial charge in [0, 0.05) is 23.2 Å². The molecule has 0 unspecified atom stereocenters. The molecule has 0 aliphatic heterocycles. The quantitative estimate of drug-likeness (QED) is 0.738. The Morgan fingerprint density at radius 2 is 1.75 bits per heavy atom. The Morgan fingerprint density at radius 1 is 1.05 bits per heavy atom. The van der Waals surface area contributed by atoms with Gasteiger partial charge in [-0.1, -0.05) is 36.4 Å². The lowest BCUT2D eigenvalue weighted by Crippen LogP contribution is -2.23. The van der Waals surface area contributed by atoms with Crippen LogP contribution >= 0.6 is 0 Å². The van der Waals surface area contributed by atoms with Crippen LogP contribution in [0.4, 0.5) is 0 Å². The summed E-state index contributed by atoms with van der Waals surface area (Å²) in [5.74, 6) is -0.217. The minimum Gasteiger partial charge on any atom is -0.349 e. The topological polar surface area (TPSA) is 46.2 Å². The molecule has 1 amide bonds. The van der Waals surface area contributed by atoms with Crippen molar-refractivity contribution in [1.29, 1.82) is 0 Å². The Bertz CT molecular complexity index is 732. The molecule has 0 radical (unpaired) electrons. The first-order valence-corrected chi connectivity index (χ1v) is 6.39. The van der Waals surface area contributed by atoms with E-state index in [0.29, 0.717) is 23.2 Å². The molecule has 2 aromatic carbocycles. The molecule has 1 aliphatic rings. The molecule has 0 atom stereocenters. The van der Waals surface area contributed by atoms with Gasteiger partial charge in [-0.15, -0.1) is 6.58 Å². The maximum absolute atomic E-state index is 12.3. The molecular formula is C17H13NO2. The van der Waals surface area contributed by atoms with Gasteiger partial charge in [-0.3, -0.25) is 9.59 Å². The van der Waals surface area contributed by atoms with Gasteiger partial charge in [0.15, 0.2) is 5.78 Å². The van der Waals surface area contributed by atoms with Gasteiger partial charge in [-0.2, -0.15) is 0 Å². The van der Waals surface area contributed by atoms with Gasteiger partial charge < -0.3 is 5.32 Å². The van der Waals surface area contributed by atoms with Gasteiger partial charge in [0.05, 0.1) is 0 Å². The normalized spacial score (nSPS) is 11.7. The molecule has 98 valence electrons. The molecule has 1 aliphatic carbocycles. The third-order valence-electron chi connectivity index (χ3n) is 3.40. The van der Waals surface area contributed by atoms with E-state index in [0.717, 1.165) is 11.1 Å². The van der Waals surface area contributed by atoms with Crippen LogP contribution in [-0.2, 0) is 0 Å². The molecule has 3 nitrogen and oxygen atoms in total. The van der Waals surface area contributed by atoms with Crippen LogP contribution in [0.5, 0.6) is 0 Å². The maximum Gasteiger partial charge on any atom is 0.251 e. The van der Waals surface area contributed by atoms with Crippen LogP contribution in [0.2, 0.25) is 0 Å².